The fraction of sp³-hybridized carbons (Fsp3) is 0. The average molecular weight is 452 g/mol. The third-order valence-corrected chi connectivity index (χ3v) is 4.14. The number of hydrogen-bond donors (Lipinski definition) is 0. The number of nitriles is 1. The van der Waals surface area contributed by atoms with Crippen LogP contribution in [-0.2, 0) is 0 Å². The predicted octanol–water partition coefficient (Wildman–Crippen LogP) is 5.51. The number of halogens is 4. The van der Waals surface area contributed by atoms with Gasteiger partial charge in [-0.2, -0.15) is 5.26 Å². The monoisotopic (exact) mass is 451 g/mol. The number of rotatable bonds is 2. The molecule has 2 aromatic rings. The zero-order valence-corrected chi connectivity index (χ0v) is 13.8. The molecule has 0 aromatic heterocycles. The first-order chi connectivity index (χ1) is 9.01. The van der Waals surface area contributed by atoms with Crippen molar-refractivity contribution in [2.75, 3.05) is 0 Å². The smallest absolute Gasteiger partial charge is 0.143 e. The maximum atomic E-state index is 13.2. The maximum Gasteiger partial charge on any atom is 0.143 e. The van der Waals surface area contributed by atoms with Crippen LogP contribution in [0.15, 0.2) is 34.8 Å². The molecule has 0 bridgehead atoms. The van der Waals surface area contributed by atoms with Gasteiger partial charge in [-0.1, -0.05) is 11.6 Å². The minimum absolute atomic E-state index is 0.247. The van der Waals surface area contributed by atoms with Crippen molar-refractivity contribution in [3.8, 4) is 17.6 Å². The van der Waals surface area contributed by atoms with Crippen molar-refractivity contribution in [3.05, 3.63) is 54.8 Å². The van der Waals surface area contributed by atoms with Gasteiger partial charge in [-0.05, 0) is 62.8 Å². The second kappa shape index (κ2) is 6.07. The summed E-state index contributed by atoms with van der Waals surface area (Å²) in [5.74, 6) is 0.221. The van der Waals surface area contributed by atoms with E-state index in [4.69, 9.17) is 21.6 Å². The van der Waals surface area contributed by atoms with Crippen molar-refractivity contribution in [1.29, 1.82) is 5.26 Å². The lowest BCUT2D eigenvalue weighted by Gasteiger charge is -2.10. The summed E-state index contributed by atoms with van der Waals surface area (Å²) in [6.07, 6.45) is 0. The van der Waals surface area contributed by atoms with Crippen molar-refractivity contribution >= 4 is 50.1 Å². The lowest BCUT2D eigenvalue weighted by molar-refractivity contribution is 0.473. The van der Waals surface area contributed by atoms with Crippen LogP contribution in [0.1, 0.15) is 5.56 Å². The highest BCUT2D eigenvalue weighted by molar-refractivity contribution is 14.1. The molecule has 0 N–H and O–H groups in total. The van der Waals surface area contributed by atoms with Gasteiger partial charge in [-0.3, -0.25) is 0 Å². The van der Waals surface area contributed by atoms with E-state index in [1.165, 1.54) is 18.2 Å². The Kier molecular flexibility index (Phi) is 4.66. The van der Waals surface area contributed by atoms with E-state index in [0.717, 1.165) is 3.57 Å². The predicted molar refractivity (Wildman–Crippen MR) is 83.1 cm³/mol. The van der Waals surface area contributed by atoms with E-state index < -0.39 is 5.82 Å². The molecule has 0 unspecified atom stereocenters. The van der Waals surface area contributed by atoms with Crippen molar-refractivity contribution < 1.29 is 9.13 Å². The Morgan fingerprint density at radius 1 is 1.32 bits per heavy atom. The molecule has 0 saturated heterocycles. The van der Waals surface area contributed by atoms with Gasteiger partial charge in [0, 0.05) is 14.7 Å². The molecule has 19 heavy (non-hydrogen) atoms. The summed E-state index contributed by atoms with van der Waals surface area (Å²) >= 11 is 11.1. The van der Waals surface area contributed by atoms with Crippen molar-refractivity contribution in [1.82, 2.24) is 0 Å². The van der Waals surface area contributed by atoms with Crippen LogP contribution in [0.3, 0.4) is 0 Å². The van der Waals surface area contributed by atoms with Gasteiger partial charge >= 0.3 is 0 Å². The summed E-state index contributed by atoms with van der Waals surface area (Å²) in [4.78, 5) is 0. The first-order valence-corrected chi connectivity index (χ1v) is 7.28. The van der Waals surface area contributed by atoms with E-state index in [-0.39, 0.29) is 10.8 Å². The molecule has 96 valence electrons. The number of benzene rings is 2. The molecule has 2 aromatic carbocycles. The van der Waals surface area contributed by atoms with Gasteiger partial charge in [-0.15, -0.1) is 0 Å². The van der Waals surface area contributed by atoms with E-state index in [2.05, 4.69) is 44.6 Å². The summed E-state index contributed by atoms with van der Waals surface area (Å²) in [7, 11) is 0. The van der Waals surface area contributed by atoms with E-state index in [9.17, 15) is 4.39 Å². The van der Waals surface area contributed by atoms with Gasteiger partial charge in [0.05, 0.1) is 10.0 Å². The Morgan fingerprint density at radius 2 is 2.05 bits per heavy atom. The van der Waals surface area contributed by atoms with Gasteiger partial charge in [-0.25, -0.2) is 4.39 Å². The number of ether oxygens (including phenoxy) is 1. The van der Waals surface area contributed by atoms with Gasteiger partial charge in [0.2, 0.25) is 0 Å². The molecule has 0 aliphatic carbocycles. The van der Waals surface area contributed by atoms with Gasteiger partial charge in [0.15, 0.2) is 0 Å². The Balaban J connectivity index is 2.42. The van der Waals surface area contributed by atoms with E-state index in [0.29, 0.717) is 15.8 Å². The molecule has 0 amide bonds. The lowest BCUT2D eigenvalue weighted by atomic mass is 10.2. The standard InChI is InChI=1S/C13H5BrClFINO/c14-13-10(6-18)11(17)1-2-12(13)19-9-4-7(15)3-8(16)5-9/h1-5H. The maximum absolute atomic E-state index is 13.2. The zero-order valence-electron chi connectivity index (χ0n) is 9.25. The highest BCUT2D eigenvalue weighted by atomic mass is 127. The largest absolute Gasteiger partial charge is 0.456 e. The highest BCUT2D eigenvalue weighted by Gasteiger charge is 2.12. The van der Waals surface area contributed by atoms with Crippen LogP contribution >= 0.6 is 50.1 Å². The van der Waals surface area contributed by atoms with E-state index >= 15 is 0 Å². The fourth-order valence-corrected chi connectivity index (χ4v) is 3.10. The SMILES string of the molecule is N#Cc1c(I)ccc(Oc2cc(F)cc(Cl)c2)c1Br. The molecular formula is C13H5BrClFINO. The average Bonchev–Trinajstić information content (AvgIpc) is 2.32. The first-order valence-electron chi connectivity index (χ1n) is 5.03. The van der Waals surface area contributed by atoms with Gasteiger partial charge in [0.25, 0.3) is 0 Å². The molecule has 0 heterocycles. The number of hydrogen-bond acceptors (Lipinski definition) is 2. The Labute approximate surface area is 136 Å². The highest BCUT2D eigenvalue weighted by Crippen LogP contribution is 2.35. The van der Waals surface area contributed by atoms with Gasteiger partial charge in [0.1, 0.15) is 23.4 Å². The molecule has 0 fully saturated rings. The van der Waals surface area contributed by atoms with Crippen LogP contribution in [0.25, 0.3) is 0 Å². The van der Waals surface area contributed by atoms with Crippen molar-refractivity contribution in [2.24, 2.45) is 0 Å². The molecule has 0 atom stereocenters. The van der Waals surface area contributed by atoms with Crippen molar-refractivity contribution in [2.45, 2.75) is 0 Å². The Morgan fingerprint density at radius 3 is 2.68 bits per heavy atom. The summed E-state index contributed by atoms with van der Waals surface area (Å²) in [5.41, 5.74) is 0.473. The minimum Gasteiger partial charge on any atom is -0.456 e. The second-order valence-electron chi connectivity index (χ2n) is 3.55. The summed E-state index contributed by atoms with van der Waals surface area (Å²) in [6.45, 7) is 0. The molecule has 2 nitrogen and oxygen atoms in total. The second-order valence-corrected chi connectivity index (χ2v) is 5.95. The Bertz CT molecular complexity index is 667. The van der Waals surface area contributed by atoms with Crippen LogP contribution in [0, 0.1) is 20.7 Å². The molecule has 0 aliphatic rings. The van der Waals surface area contributed by atoms with Crippen molar-refractivity contribution in [3.63, 3.8) is 0 Å². The summed E-state index contributed by atoms with van der Waals surface area (Å²) < 4.78 is 20.1. The molecular weight excluding hydrogens is 447 g/mol. The molecule has 0 aliphatic heterocycles. The van der Waals surface area contributed by atoms with E-state index in [1.807, 2.05) is 0 Å². The summed E-state index contributed by atoms with van der Waals surface area (Å²) in [5, 5.41) is 9.30. The Hall–Kier alpha value is -0.840. The number of nitrogens with zero attached hydrogens (tertiary/aromatic N) is 1. The minimum atomic E-state index is -0.482. The quantitative estimate of drug-likeness (QED) is 0.563. The fourth-order valence-electron chi connectivity index (χ4n) is 1.43. The third-order valence-electron chi connectivity index (χ3n) is 2.23. The van der Waals surface area contributed by atoms with Crippen LogP contribution < -0.4 is 4.74 Å². The molecule has 0 radical (unpaired) electrons. The normalized spacial score (nSPS) is 10.1. The van der Waals surface area contributed by atoms with Crippen LogP contribution in [0.2, 0.25) is 5.02 Å². The molecule has 0 saturated carbocycles. The van der Waals surface area contributed by atoms with Crippen LogP contribution in [0.4, 0.5) is 4.39 Å². The summed E-state index contributed by atoms with van der Waals surface area (Å²) in [6, 6.07) is 9.45. The third kappa shape index (κ3) is 3.38. The lowest BCUT2D eigenvalue weighted by Crippen LogP contribution is -1.91. The van der Waals surface area contributed by atoms with E-state index in [1.54, 1.807) is 12.1 Å². The molecule has 0 spiro atoms. The topological polar surface area (TPSA) is 33.0 Å². The van der Waals surface area contributed by atoms with Crippen LogP contribution in [0.5, 0.6) is 11.5 Å². The van der Waals surface area contributed by atoms with Crippen LogP contribution in [-0.4, -0.2) is 0 Å². The molecule has 2 rings (SSSR count). The van der Waals surface area contributed by atoms with Gasteiger partial charge < -0.3 is 4.74 Å². The zero-order chi connectivity index (χ0) is 14.0. The molecule has 6 heteroatoms. The first kappa shape index (κ1) is 14.6.